The maximum Gasteiger partial charge on any atom is 0.335 e. The number of carboxylic acids is 1. The van der Waals surface area contributed by atoms with Crippen molar-refractivity contribution in [1.29, 1.82) is 0 Å². The van der Waals surface area contributed by atoms with Gasteiger partial charge in [-0.15, -0.1) is 0 Å². The van der Waals surface area contributed by atoms with Gasteiger partial charge in [0.25, 0.3) is 0 Å². The van der Waals surface area contributed by atoms with Gasteiger partial charge in [-0.05, 0) is 30.3 Å². The Bertz CT molecular complexity index is 728. The third kappa shape index (κ3) is 2.18. The van der Waals surface area contributed by atoms with E-state index in [4.69, 9.17) is 19.3 Å². The van der Waals surface area contributed by atoms with Gasteiger partial charge in [0.1, 0.15) is 5.75 Å². The summed E-state index contributed by atoms with van der Waals surface area (Å²) < 4.78 is 16.3. The van der Waals surface area contributed by atoms with Crippen molar-refractivity contribution in [2.24, 2.45) is 0 Å². The van der Waals surface area contributed by atoms with E-state index < -0.39 is 5.97 Å². The molecule has 6 heteroatoms. The average molecular weight is 301 g/mol. The quantitative estimate of drug-likeness (QED) is 0.936. The Morgan fingerprint density at radius 3 is 2.68 bits per heavy atom. The molecule has 0 saturated heterocycles. The van der Waals surface area contributed by atoms with Crippen molar-refractivity contribution < 1.29 is 24.1 Å². The summed E-state index contributed by atoms with van der Waals surface area (Å²) in [5.74, 6) is 0.826. The zero-order valence-corrected chi connectivity index (χ0v) is 12.2. The lowest BCUT2D eigenvalue weighted by Gasteiger charge is -2.21. The molecule has 2 aromatic rings. The third-order valence-electron chi connectivity index (χ3n) is 3.52. The molecule has 6 nitrogen and oxygen atoms in total. The maximum absolute atomic E-state index is 11.2. The molecule has 1 aliphatic rings. The first kappa shape index (κ1) is 14.1. The number of nitrogens with zero attached hydrogens (tertiary/aromatic N) is 1. The van der Waals surface area contributed by atoms with Gasteiger partial charge in [0.2, 0.25) is 0 Å². The summed E-state index contributed by atoms with van der Waals surface area (Å²) in [6.45, 7) is 0.280. The number of para-hydroxylation sites is 1. The molecule has 0 spiro atoms. The molecular weight excluding hydrogens is 286 g/mol. The summed E-state index contributed by atoms with van der Waals surface area (Å²) in [5.41, 5.74) is 1.64. The molecule has 0 amide bonds. The second kappa shape index (κ2) is 5.48. The standard InChI is InChI=1S/C16H15NO5/c1-20-14-5-3-4-11(15(14)21-2)17-9-22-13-7-6-10(16(18)19)8-12(13)17/h3-8H,9H2,1-2H3,(H,18,19). The molecule has 1 aliphatic heterocycles. The summed E-state index contributed by atoms with van der Waals surface area (Å²) in [6.07, 6.45) is 0. The van der Waals surface area contributed by atoms with Crippen LogP contribution in [0.3, 0.4) is 0 Å². The highest BCUT2D eigenvalue weighted by molar-refractivity contribution is 5.91. The van der Waals surface area contributed by atoms with Gasteiger partial charge in [-0.2, -0.15) is 0 Å². The van der Waals surface area contributed by atoms with E-state index in [1.807, 2.05) is 17.0 Å². The third-order valence-corrected chi connectivity index (χ3v) is 3.52. The summed E-state index contributed by atoms with van der Waals surface area (Å²) in [7, 11) is 3.13. The first-order valence-corrected chi connectivity index (χ1v) is 6.64. The molecule has 0 aliphatic carbocycles. The van der Waals surface area contributed by atoms with E-state index >= 15 is 0 Å². The SMILES string of the molecule is COc1cccc(N2COc3ccc(C(=O)O)cc32)c1OC. The van der Waals surface area contributed by atoms with Gasteiger partial charge in [0.05, 0.1) is 31.2 Å². The van der Waals surface area contributed by atoms with Gasteiger partial charge in [-0.3, -0.25) is 0 Å². The van der Waals surface area contributed by atoms with Gasteiger partial charge >= 0.3 is 5.97 Å². The first-order chi connectivity index (χ1) is 10.7. The number of ether oxygens (including phenoxy) is 3. The topological polar surface area (TPSA) is 68.2 Å². The Kier molecular flexibility index (Phi) is 3.50. The van der Waals surface area contributed by atoms with Crippen LogP contribution in [0.1, 0.15) is 10.4 Å². The molecule has 0 atom stereocenters. The summed E-state index contributed by atoms with van der Waals surface area (Å²) in [5, 5.41) is 9.15. The predicted octanol–water partition coefficient (Wildman–Crippen LogP) is 2.89. The van der Waals surface area contributed by atoms with Crippen LogP contribution >= 0.6 is 0 Å². The van der Waals surface area contributed by atoms with Crippen molar-refractivity contribution in [1.82, 2.24) is 0 Å². The lowest BCUT2D eigenvalue weighted by Crippen LogP contribution is -2.16. The zero-order valence-electron chi connectivity index (χ0n) is 12.2. The molecule has 0 fully saturated rings. The predicted molar refractivity (Wildman–Crippen MR) is 80.6 cm³/mol. The molecule has 3 rings (SSSR count). The van der Waals surface area contributed by atoms with Crippen molar-refractivity contribution in [3.8, 4) is 17.2 Å². The molecule has 0 unspecified atom stereocenters. The fourth-order valence-corrected chi connectivity index (χ4v) is 2.47. The highest BCUT2D eigenvalue weighted by Crippen LogP contribution is 2.45. The van der Waals surface area contributed by atoms with Crippen LogP contribution in [0.4, 0.5) is 11.4 Å². The number of carboxylic acid groups (broad SMARTS) is 1. The van der Waals surface area contributed by atoms with E-state index in [1.54, 1.807) is 32.4 Å². The Labute approximate surface area is 127 Å². The molecule has 1 N–H and O–H groups in total. The largest absolute Gasteiger partial charge is 0.493 e. The van der Waals surface area contributed by atoms with Crippen LogP contribution in [0, 0.1) is 0 Å². The Morgan fingerprint density at radius 1 is 1.18 bits per heavy atom. The number of methoxy groups -OCH3 is 2. The van der Waals surface area contributed by atoms with Crippen molar-refractivity contribution in [2.45, 2.75) is 0 Å². The van der Waals surface area contributed by atoms with Crippen molar-refractivity contribution >= 4 is 17.3 Å². The molecular formula is C16H15NO5. The minimum absolute atomic E-state index is 0.205. The second-order valence-electron chi connectivity index (χ2n) is 4.70. The van der Waals surface area contributed by atoms with E-state index in [2.05, 4.69) is 0 Å². The number of fused-ring (bicyclic) bond motifs is 1. The van der Waals surface area contributed by atoms with Crippen LogP contribution in [0.5, 0.6) is 17.2 Å². The van der Waals surface area contributed by atoms with Crippen LogP contribution in [0.15, 0.2) is 36.4 Å². The fraction of sp³-hybridized carbons (Fsp3) is 0.188. The minimum Gasteiger partial charge on any atom is -0.493 e. The molecule has 0 radical (unpaired) electrons. The van der Waals surface area contributed by atoms with Gasteiger partial charge in [-0.25, -0.2) is 4.79 Å². The number of benzene rings is 2. The van der Waals surface area contributed by atoms with Crippen LogP contribution < -0.4 is 19.1 Å². The van der Waals surface area contributed by atoms with E-state index in [9.17, 15) is 4.79 Å². The number of rotatable bonds is 4. The van der Waals surface area contributed by atoms with E-state index in [-0.39, 0.29) is 12.3 Å². The van der Waals surface area contributed by atoms with Crippen LogP contribution in [0.2, 0.25) is 0 Å². The normalized spacial score (nSPS) is 12.5. The van der Waals surface area contributed by atoms with Gasteiger partial charge in [-0.1, -0.05) is 6.07 Å². The Hall–Kier alpha value is -2.89. The van der Waals surface area contributed by atoms with Crippen LogP contribution in [-0.2, 0) is 0 Å². The highest BCUT2D eigenvalue weighted by Gasteiger charge is 2.26. The van der Waals surface area contributed by atoms with Gasteiger partial charge in [0.15, 0.2) is 18.2 Å². The Morgan fingerprint density at radius 2 is 2.00 bits per heavy atom. The van der Waals surface area contributed by atoms with Crippen molar-refractivity contribution in [2.75, 3.05) is 25.9 Å². The number of aromatic carboxylic acids is 1. The molecule has 22 heavy (non-hydrogen) atoms. The van der Waals surface area contributed by atoms with Gasteiger partial charge in [0, 0.05) is 0 Å². The summed E-state index contributed by atoms with van der Waals surface area (Å²) in [6, 6.07) is 10.3. The van der Waals surface area contributed by atoms with Crippen LogP contribution in [0.25, 0.3) is 0 Å². The van der Waals surface area contributed by atoms with Crippen LogP contribution in [-0.4, -0.2) is 32.0 Å². The average Bonchev–Trinajstić information content (AvgIpc) is 2.96. The zero-order chi connectivity index (χ0) is 15.7. The molecule has 114 valence electrons. The molecule has 0 saturated carbocycles. The smallest absolute Gasteiger partial charge is 0.335 e. The van der Waals surface area contributed by atoms with Crippen molar-refractivity contribution in [3.05, 3.63) is 42.0 Å². The molecule has 0 bridgehead atoms. The summed E-state index contributed by atoms with van der Waals surface area (Å²) >= 11 is 0. The highest BCUT2D eigenvalue weighted by atomic mass is 16.5. The first-order valence-electron chi connectivity index (χ1n) is 6.64. The summed E-state index contributed by atoms with van der Waals surface area (Å²) in [4.78, 5) is 13.0. The number of hydrogen-bond donors (Lipinski definition) is 1. The molecule has 2 aromatic carbocycles. The molecule has 1 heterocycles. The molecule has 0 aromatic heterocycles. The minimum atomic E-state index is -0.979. The number of hydrogen-bond acceptors (Lipinski definition) is 5. The number of anilines is 2. The second-order valence-corrected chi connectivity index (χ2v) is 4.70. The van der Waals surface area contributed by atoms with E-state index in [1.165, 1.54) is 6.07 Å². The number of carbonyl (C=O) groups is 1. The van der Waals surface area contributed by atoms with E-state index in [0.29, 0.717) is 22.9 Å². The van der Waals surface area contributed by atoms with Crippen molar-refractivity contribution in [3.63, 3.8) is 0 Å². The monoisotopic (exact) mass is 301 g/mol. The lowest BCUT2D eigenvalue weighted by atomic mass is 10.1. The maximum atomic E-state index is 11.2. The van der Waals surface area contributed by atoms with E-state index in [0.717, 1.165) is 5.69 Å². The van der Waals surface area contributed by atoms with Gasteiger partial charge < -0.3 is 24.2 Å². The Balaban J connectivity index is 2.10. The lowest BCUT2D eigenvalue weighted by molar-refractivity contribution is 0.0697. The fourth-order valence-electron chi connectivity index (χ4n) is 2.47.